The molecule has 0 bridgehead atoms. The highest BCUT2D eigenvalue weighted by Gasteiger charge is 2.29. The highest BCUT2D eigenvalue weighted by atomic mass is 32.2. The van der Waals surface area contributed by atoms with Crippen molar-refractivity contribution < 1.29 is 14.3 Å². The van der Waals surface area contributed by atoms with Crippen molar-refractivity contribution in [2.24, 2.45) is 5.92 Å². The lowest BCUT2D eigenvalue weighted by molar-refractivity contribution is -0.113. The summed E-state index contributed by atoms with van der Waals surface area (Å²) < 4.78 is 5.30. The first-order valence-electron chi connectivity index (χ1n) is 12.1. The number of anilines is 1. The lowest BCUT2D eigenvalue weighted by Crippen LogP contribution is -2.17. The number of aromatic nitrogens is 2. The van der Waals surface area contributed by atoms with E-state index in [-0.39, 0.29) is 17.6 Å². The number of nitrogens with one attached hydrogen (secondary N) is 1. The highest BCUT2D eigenvalue weighted by Crippen LogP contribution is 2.40. The predicted octanol–water partition coefficient (Wildman–Crippen LogP) is 6.39. The number of thiophene rings is 1. The van der Waals surface area contributed by atoms with E-state index in [9.17, 15) is 9.59 Å². The Morgan fingerprint density at radius 1 is 1.17 bits per heavy atom. The summed E-state index contributed by atoms with van der Waals surface area (Å²) in [7, 11) is 0. The van der Waals surface area contributed by atoms with Gasteiger partial charge in [-0.1, -0.05) is 55.1 Å². The molecule has 0 fully saturated rings. The van der Waals surface area contributed by atoms with Crippen LogP contribution in [0.5, 0.6) is 0 Å². The average Bonchev–Trinajstić information content (AvgIpc) is 3.24. The third-order valence-electron chi connectivity index (χ3n) is 6.26. The first-order valence-corrected chi connectivity index (χ1v) is 13.9. The van der Waals surface area contributed by atoms with Crippen molar-refractivity contribution in [3.05, 3.63) is 70.7 Å². The molecule has 4 aromatic rings. The molecule has 184 valence electrons. The Kier molecular flexibility index (Phi) is 7.34. The fourth-order valence-corrected chi connectivity index (χ4v) is 6.52. The van der Waals surface area contributed by atoms with Crippen LogP contribution in [0.3, 0.4) is 0 Å². The molecule has 1 amide bonds. The first kappa shape index (κ1) is 24.5. The Morgan fingerprint density at radius 3 is 2.83 bits per heavy atom. The molecule has 0 saturated carbocycles. The summed E-state index contributed by atoms with van der Waals surface area (Å²) in [6.07, 6.45) is 4.50. The summed E-state index contributed by atoms with van der Waals surface area (Å²) in [5.41, 5.74) is 3.37. The third-order valence-corrected chi connectivity index (χ3v) is 8.29. The molecule has 2 aromatic heterocycles. The van der Waals surface area contributed by atoms with Gasteiger partial charge in [-0.25, -0.2) is 14.8 Å². The normalized spacial score (nSPS) is 14.9. The van der Waals surface area contributed by atoms with Crippen LogP contribution in [-0.2, 0) is 22.4 Å². The van der Waals surface area contributed by atoms with E-state index in [0.29, 0.717) is 28.2 Å². The number of thioether (sulfide) groups is 1. The second-order valence-electron chi connectivity index (χ2n) is 8.90. The van der Waals surface area contributed by atoms with Crippen molar-refractivity contribution in [3.63, 3.8) is 0 Å². The average molecular weight is 518 g/mol. The quantitative estimate of drug-likeness (QED) is 0.174. The zero-order valence-electron chi connectivity index (χ0n) is 20.2. The molecule has 0 spiro atoms. The van der Waals surface area contributed by atoms with Crippen molar-refractivity contribution in [2.45, 2.75) is 38.3 Å². The van der Waals surface area contributed by atoms with Gasteiger partial charge in [0.15, 0.2) is 5.16 Å². The Labute approximate surface area is 218 Å². The highest BCUT2D eigenvalue weighted by molar-refractivity contribution is 7.99. The molecule has 0 radical (unpaired) electrons. The van der Waals surface area contributed by atoms with Crippen LogP contribution in [0.15, 0.2) is 59.9 Å². The maximum Gasteiger partial charge on any atom is 0.341 e. The van der Waals surface area contributed by atoms with Gasteiger partial charge < -0.3 is 10.1 Å². The van der Waals surface area contributed by atoms with E-state index in [0.717, 1.165) is 41.5 Å². The zero-order valence-corrected chi connectivity index (χ0v) is 21.9. The summed E-state index contributed by atoms with van der Waals surface area (Å²) in [5.74, 6) is 0.149. The number of rotatable bonds is 7. The summed E-state index contributed by atoms with van der Waals surface area (Å²) in [6.45, 7) is 4.31. The second-order valence-corrected chi connectivity index (χ2v) is 10.9. The van der Waals surface area contributed by atoms with Crippen molar-refractivity contribution in [1.82, 2.24) is 9.97 Å². The Bertz CT molecular complexity index is 1430. The van der Waals surface area contributed by atoms with E-state index in [4.69, 9.17) is 4.74 Å². The molecule has 0 saturated heterocycles. The number of fused-ring (bicyclic) bond motifs is 2. The van der Waals surface area contributed by atoms with Crippen LogP contribution < -0.4 is 5.32 Å². The van der Waals surface area contributed by atoms with Gasteiger partial charge in [0.25, 0.3) is 0 Å². The van der Waals surface area contributed by atoms with E-state index < -0.39 is 0 Å². The third kappa shape index (κ3) is 5.29. The lowest BCUT2D eigenvalue weighted by atomic mass is 9.88. The van der Waals surface area contributed by atoms with E-state index >= 15 is 0 Å². The minimum Gasteiger partial charge on any atom is -0.462 e. The maximum atomic E-state index is 12.9. The fourth-order valence-electron chi connectivity index (χ4n) is 4.47. The van der Waals surface area contributed by atoms with Gasteiger partial charge in [0.05, 0.1) is 23.6 Å². The van der Waals surface area contributed by atoms with Crippen LogP contribution in [0.2, 0.25) is 0 Å². The molecule has 2 heterocycles. The molecule has 36 heavy (non-hydrogen) atoms. The van der Waals surface area contributed by atoms with E-state index in [1.54, 1.807) is 13.1 Å². The summed E-state index contributed by atoms with van der Waals surface area (Å²) >= 11 is 2.77. The monoisotopic (exact) mass is 517 g/mol. The number of ether oxygens (including phenoxy) is 1. The van der Waals surface area contributed by atoms with Crippen molar-refractivity contribution in [1.29, 1.82) is 0 Å². The largest absolute Gasteiger partial charge is 0.462 e. The first-order chi connectivity index (χ1) is 17.5. The fraction of sp³-hybridized carbons (Fsp3) is 0.286. The van der Waals surface area contributed by atoms with Gasteiger partial charge in [0.1, 0.15) is 5.00 Å². The van der Waals surface area contributed by atoms with Gasteiger partial charge in [-0.3, -0.25) is 4.79 Å². The molecule has 6 nitrogen and oxygen atoms in total. The minimum absolute atomic E-state index is 0.141. The van der Waals surface area contributed by atoms with Gasteiger partial charge in [0, 0.05) is 16.6 Å². The van der Waals surface area contributed by atoms with Crippen molar-refractivity contribution in [3.8, 4) is 11.3 Å². The molecule has 5 rings (SSSR count). The predicted molar refractivity (Wildman–Crippen MR) is 146 cm³/mol. The number of esters is 1. The molecule has 1 aliphatic rings. The zero-order chi connectivity index (χ0) is 25.1. The molecule has 0 aliphatic heterocycles. The topological polar surface area (TPSA) is 81.2 Å². The van der Waals surface area contributed by atoms with Crippen LogP contribution in [-0.4, -0.2) is 34.2 Å². The molecule has 0 unspecified atom stereocenters. The van der Waals surface area contributed by atoms with Crippen LogP contribution in [0, 0.1) is 5.92 Å². The van der Waals surface area contributed by atoms with Crippen LogP contribution in [0.4, 0.5) is 5.00 Å². The van der Waals surface area contributed by atoms with Crippen molar-refractivity contribution >= 4 is 50.7 Å². The summed E-state index contributed by atoms with van der Waals surface area (Å²) in [6, 6.07) is 16.3. The number of nitrogens with zero attached hydrogens (tertiary/aromatic N) is 2. The van der Waals surface area contributed by atoms with Gasteiger partial charge in [0.2, 0.25) is 5.91 Å². The molecule has 2 aromatic carbocycles. The molecule has 1 atom stereocenters. The summed E-state index contributed by atoms with van der Waals surface area (Å²) in [5, 5.41) is 6.40. The van der Waals surface area contributed by atoms with E-state index in [1.165, 1.54) is 33.4 Å². The number of benzene rings is 2. The molecule has 1 aliphatic carbocycles. The van der Waals surface area contributed by atoms with Gasteiger partial charge >= 0.3 is 5.97 Å². The van der Waals surface area contributed by atoms with Gasteiger partial charge in [-0.05, 0) is 60.6 Å². The van der Waals surface area contributed by atoms with Crippen LogP contribution >= 0.6 is 23.1 Å². The Hall–Kier alpha value is -3.23. The Morgan fingerprint density at radius 2 is 2.00 bits per heavy atom. The summed E-state index contributed by atoms with van der Waals surface area (Å²) in [4.78, 5) is 35.7. The van der Waals surface area contributed by atoms with Crippen LogP contribution in [0.1, 0.15) is 41.1 Å². The second kappa shape index (κ2) is 10.8. The molecular weight excluding hydrogens is 490 g/mol. The van der Waals surface area contributed by atoms with Gasteiger partial charge in [-0.15, -0.1) is 11.3 Å². The number of amides is 1. The Balaban J connectivity index is 1.29. The smallest absolute Gasteiger partial charge is 0.341 e. The number of hydrogen-bond acceptors (Lipinski definition) is 7. The standard InChI is InChI=1S/C28H27N3O3S2/c1-3-34-27(33)25-21-11-8-17(2)14-23(21)36-26(25)31-24(32)16-35-28-29-13-12-22(30-28)20-10-9-18-6-4-5-7-19(18)15-20/h4-7,9-10,12-13,15,17H,3,8,11,14,16H2,1-2H3,(H,31,32)/t17-/m1/s1. The van der Waals surface area contributed by atoms with Crippen LogP contribution in [0.25, 0.3) is 22.0 Å². The van der Waals surface area contributed by atoms with E-state index in [1.807, 2.05) is 24.3 Å². The number of carbonyl (C=O) groups excluding carboxylic acids is 2. The maximum absolute atomic E-state index is 12.9. The van der Waals surface area contributed by atoms with Crippen molar-refractivity contribution in [2.75, 3.05) is 17.7 Å². The SMILES string of the molecule is CCOC(=O)c1c(NC(=O)CSc2nccc(-c3ccc4ccccc4c3)n2)sc2c1CC[C@@H](C)C2. The minimum atomic E-state index is -0.362. The number of hydrogen-bond donors (Lipinski definition) is 1. The number of carbonyl (C=O) groups is 2. The molecule has 8 heteroatoms. The van der Waals surface area contributed by atoms with Gasteiger partial charge in [-0.2, -0.15) is 0 Å². The van der Waals surface area contributed by atoms with E-state index in [2.05, 4.69) is 46.5 Å². The molecule has 1 N–H and O–H groups in total. The molecular formula is C28H27N3O3S2. The lowest BCUT2D eigenvalue weighted by Gasteiger charge is -2.18.